The maximum absolute atomic E-state index is 6.17. The van der Waals surface area contributed by atoms with Crippen molar-refractivity contribution in [3.05, 3.63) is 28.6 Å². The lowest BCUT2D eigenvalue weighted by atomic mass is 10.3. The van der Waals surface area contributed by atoms with Gasteiger partial charge in [0.1, 0.15) is 16.2 Å². The number of imidazole rings is 1. The number of H-pyrrole nitrogens is 1. The molecule has 3 aromatic heterocycles. The molecule has 0 saturated heterocycles. The average Bonchev–Trinajstić information content (AvgIpc) is 2.83. The maximum atomic E-state index is 6.17. The quantitative estimate of drug-likeness (QED) is 0.543. The van der Waals surface area contributed by atoms with E-state index in [-0.39, 0.29) is 0 Å². The fourth-order valence-electron chi connectivity index (χ4n) is 1.70. The fraction of sp³-hybridized carbons (Fsp3) is 0.182. The Bertz CT molecular complexity index is 701. The third-order valence-electron chi connectivity index (χ3n) is 2.47. The van der Waals surface area contributed by atoms with E-state index in [4.69, 9.17) is 11.6 Å². The van der Waals surface area contributed by atoms with Gasteiger partial charge in [-0.25, -0.2) is 19.5 Å². The molecule has 0 fully saturated rings. The van der Waals surface area contributed by atoms with Crippen molar-refractivity contribution < 1.29 is 4.57 Å². The third-order valence-corrected chi connectivity index (χ3v) is 3.70. The second-order valence-corrected chi connectivity index (χ2v) is 5.49. The van der Waals surface area contributed by atoms with Gasteiger partial charge < -0.3 is 0 Å². The Morgan fingerprint density at radius 3 is 2.94 bits per heavy atom. The van der Waals surface area contributed by atoms with Crippen LogP contribution in [0.2, 0.25) is 5.15 Å². The van der Waals surface area contributed by atoms with E-state index in [1.807, 2.05) is 37.1 Å². The Hall–Kier alpha value is -1.46. The first-order valence-electron chi connectivity index (χ1n) is 5.11. The molecule has 0 aliphatic rings. The van der Waals surface area contributed by atoms with Gasteiger partial charge in [-0.15, -0.1) is 11.3 Å². The standard InChI is InChI=1S/C11H9ClN4S/c1-6-3-7-9(12)14-10(15-11(7)17-6)8-4-16(2)5-13-8/h3-5H,1-2H3/p+1. The van der Waals surface area contributed by atoms with Crippen molar-refractivity contribution >= 4 is 33.2 Å². The highest BCUT2D eigenvalue weighted by Crippen LogP contribution is 2.29. The fourth-order valence-corrected chi connectivity index (χ4v) is 2.86. The Morgan fingerprint density at radius 1 is 1.41 bits per heavy atom. The number of aromatic amines is 1. The molecule has 0 radical (unpaired) electrons. The zero-order valence-corrected chi connectivity index (χ0v) is 10.9. The summed E-state index contributed by atoms with van der Waals surface area (Å²) in [7, 11) is 1.94. The Labute approximate surface area is 107 Å². The lowest BCUT2D eigenvalue weighted by Gasteiger charge is -1.95. The highest BCUT2D eigenvalue weighted by atomic mass is 35.5. The lowest BCUT2D eigenvalue weighted by molar-refractivity contribution is -0.669. The number of thiophene rings is 1. The molecule has 1 N–H and O–H groups in total. The van der Waals surface area contributed by atoms with Crippen LogP contribution in [0.4, 0.5) is 0 Å². The Kier molecular flexibility index (Phi) is 2.38. The third kappa shape index (κ3) is 1.81. The van der Waals surface area contributed by atoms with Crippen LogP contribution in [-0.4, -0.2) is 15.0 Å². The van der Waals surface area contributed by atoms with E-state index in [1.165, 1.54) is 4.88 Å². The van der Waals surface area contributed by atoms with E-state index in [0.717, 1.165) is 15.9 Å². The Balaban J connectivity index is 2.24. The van der Waals surface area contributed by atoms with Gasteiger partial charge in [-0.3, -0.25) is 0 Å². The molecule has 0 saturated carbocycles. The van der Waals surface area contributed by atoms with Gasteiger partial charge in [-0.1, -0.05) is 11.6 Å². The van der Waals surface area contributed by atoms with Crippen LogP contribution in [0.15, 0.2) is 18.6 Å². The summed E-state index contributed by atoms with van der Waals surface area (Å²) in [5, 5.41) is 1.43. The first-order chi connectivity index (χ1) is 8.13. The van der Waals surface area contributed by atoms with Crippen LogP contribution in [0.5, 0.6) is 0 Å². The molecule has 0 unspecified atom stereocenters. The smallest absolute Gasteiger partial charge is 0.241 e. The molecule has 0 spiro atoms. The normalized spacial score (nSPS) is 11.2. The van der Waals surface area contributed by atoms with Gasteiger partial charge >= 0.3 is 0 Å². The summed E-state index contributed by atoms with van der Waals surface area (Å²) in [5.41, 5.74) is 0.863. The van der Waals surface area contributed by atoms with Crippen LogP contribution in [0, 0.1) is 6.92 Å². The van der Waals surface area contributed by atoms with E-state index in [9.17, 15) is 0 Å². The van der Waals surface area contributed by atoms with Gasteiger partial charge in [0, 0.05) is 10.3 Å². The Morgan fingerprint density at radius 2 is 2.24 bits per heavy atom. The van der Waals surface area contributed by atoms with Crippen molar-refractivity contribution in [2.24, 2.45) is 7.05 Å². The van der Waals surface area contributed by atoms with Crippen LogP contribution in [0.1, 0.15) is 4.88 Å². The number of hydrogen-bond acceptors (Lipinski definition) is 3. The summed E-state index contributed by atoms with van der Waals surface area (Å²) in [6.07, 6.45) is 3.77. The van der Waals surface area contributed by atoms with E-state index in [0.29, 0.717) is 11.0 Å². The molecule has 0 amide bonds. The summed E-state index contributed by atoms with van der Waals surface area (Å²) >= 11 is 7.79. The number of fused-ring (bicyclic) bond motifs is 1. The molecule has 0 aromatic carbocycles. The molecule has 6 heteroatoms. The zero-order chi connectivity index (χ0) is 12.0. The molecule has 0 aliphatic heterocycles. The van der Waals surface area contributed by atoms with Gasteiger partial charge in [0.25, 0.3) is 0 Å². The average molecular weight is 266 g/mol. The SMILES string of the molecule is Cc1cc2c(Cl)nc(-c3c[n+](C)c[nH]3)nc2s1. The maximum Gasteiger partial charge on any atom is 0.241 e. The van der Waals surface area contributed by atoms with Crippen molar-refractivity contribution in [1.29, 1.82) is 0 Å². The molecule has 3 rings (SSSR count). The predicted molar refractivity (Wildman–Crippen MR) is 68.1 cm³/mol. The summed E-state index contributed by atoms with van der Waals surface area (Å²) in [4.78, 5) is 14.0. The number of halogens is 1. The largest absolute Gasteiger partial charge is 0.241 e. The van der Waals surface area contributed by atoms with Crippen molar-refractivity contribution in [3.63, 3.8) is 0 Å². The van der Waals surface area contributed by atoms with Crippen molar-refractivity contribution in [2.45, 2.75) is 6.92 Å². The van der Waals surface area contributed by atoms with Crippen molar-refractivity contribution in [3.8, 4) is 11.5 Å². The van der Waals surface area contributed by atoms with Crippen molar-refractivity contribution in [2.75, 3.05) is 0 Å². The summed E-state index contributed by atoms with van der Waals surface area (Å²) in [6, 6.07) is 2.01. The molecular formula is C11H10ClN4S+. The van der Waals surface area contributed by atoms with Gasteiger partial charge in [-0.2, -0.15) is 0 Å². The molecule has 0 atom stereocenters. The first kappa shape index (κ1) is 10.7. The molecular weight excluding hydrogens is 256 g/mol. The zero-order valence-electron chi connectivity index (χ0n) is 9.36. The van der Waals surface area contributed by atoms with Gasteiger partial charge in [-0.05, 0) is 13.0 Å². The van der Waals surface area contributed by atoms with E-state index in [1.54, 1.807) is 11.3 Å². The number of aryl methyl sites for hydroxylation is 2. The minimum Gasteiger partial charge on any atom is -0.241 e. The van der Waals surface area contributed by atoms with E-state index < -0.39 is 0 Å². The van der Waals surface area contributed by atoms with Gasteiger partial charge in [0.2, 0.25) is 17.8 Å². The van der Waals surface area contributed by atoms with Crippen LogP contribution < -0.4 is 4.57 Å². The van der Waals surface area contributed by atoms with Crippen LogP contribution in [0.25, 0.3) is 21.7 Å². The molecule has 86 valence electrons. The van der Waals surface area contributed by atoms with Crippen LogP contribution in [-0.2, 0) is 7.05 Å². The summed E-state index contributed by atoms with van der Waals surface area (Å²) in [6.45, 7) is 2.04. The molecule has 4 nitrogen and oxygen atoms in total. The predicted octanol–water partition coefficient (Wildman–Crippen LogP) is 2.47. The molecule has 3 heterocycles. The summed E-state index contributed by atoms with van der Waals surface area (Å²) < 4.78 is 1.91. The number of nitrogens with one attached hydrogen (secondary N) is 1. The summed E-state index contributed by atoms with van der Waals surface area (Å²) in [5.74, 6) is 0.630. The highest BCUT2D eigenvalue weighted by molar-refractivity contribution is 7.18. The lowest BCUT2D eigenvalue weighted by Crippen LogP contribution is -2.22. The molecule has 0 bridgehead atoms. The second-order valence-electron chi connectivity index (χ2n) is 3.90. The van der Waals surface area contributed by atoms with E-state index >= 15 is 0 Å². The van der Waals surface area contributed by atoms with Crippen LogP contribution >= 0.6 is 22.9 Å². The van der Waals surface area contributed by atoms with Gasteiger partial charge in [0.15, 0.2) is 0 Å². The topological polar surface area (TPSA) is 45.5 Å². The number of aromatic nitrogens is 4. The molecule has 17 heavy (non-hydrogen) atoms. The van der Waals surface area contributed by atoms with Crippen LogP contribution in [0.3, 0.4) is 0 Å². The van der Waals surface area contributed by atoms with Gasteiger partial charge in [0.05, 0.1) is 7.05 Å². The highest BCUT2D eigenvalue weighted by Gasteiger charge is 2.14. The monoisotopic (exact) mass is 265 g/mol. The number of nitrogens with zero attached hydrogens (tertiary/aromatic N) is 3. The minimum atomic E-state index is 0.506. The number of rotatable bonds is 1. The first-order valence-corrected chi connectivity index (χ1v) is 6.30. The van der Waals surface area contributed by atoms with E-state index in [2.05, 4.69) is 15.0 Å². The number of hydrogen-bond donors (Lipinski definition) is 1. The second kappa shape index (κ2) is 3.78. The van der Waals surface area contributed by atoms with Crippen molar-refractivity contribution in [1.82, 2.24) is 15.0 Å². The molecule has 0 aliphatic carbocycles. The molecule has 3 aromatic rings. The minimum absolute atomic E-state index is 0.506.